The van der Waals surface area contributed by atoms with Gasteiger partial charge in [0.25, 0.3) is 0 Å². The first kappa shape index (κ1) is 10.1. The van der Waals surface area contributed by atoms with Gasteiger partial charge in [-0.3, -0.25) is 0 Å². The molecule has 0 bridgehead atoms. The predicted octanol–water partition coefficient (Wildman–Crippen LogP) is 2.57. The number of nitrogens with two attached hydrogens (primary N) is 1. The molecule has 70 valence electrons. The van der Waals surface area contributed by atoms with Gasteiger partial charge in [0.15, 0.2) is 0 Å². The first-order valence-corrected chi connectivity index (χ1v) is 5.86. The first-order valence-electron chi connectivity index (χ1n) is 4.81. The van der Waals surface area contributed by atoms with Crippen molar-refractivity contribution in [3.63, 3.8) is 0 Å². The fourth-order valence-corrected chi connectivity index (χ4v) is 2.92. The molecule has 0 amide bonds. The monoisotopic (exact) mass is 185 g/mol. The average molecular weight is 185 g/mol. The molecule has 0 saturated heterocycles. The van der Waals surface area contributed by atoms with Crippen molar-refractivity contribution in [3.8, 4) is 0 Å². The summed E-state index contributed by atoms with van der Waals surface area (Å²) < 4.78 is 0. The zero-order chi connectivity index (χ0) is 8.81. The van der Waals surface area contributed by atoms with Crippen LogP contribution in [0.5, 0.6) is 0 Å². The molecule has 1 aliphatic rings. The van der Waals surface area contributed by atoms with Gasteiger partial charge in [-0.1, -0.05) is 18.9 Å². The zero-order valence-corrected chi connectivity index (χ0v) is 8.48. The van der Waals surface area contributed by atoms with E-state index in [9.17, 15) is 0 Å². The van der Waals surface area contributed by atoms with Crippen LogP contribution in [-0.4, -0.2) is 17.0 Å². The highest BCUT2D eigenvalue weighted by Crippen LogP contribution is 2.29. The van der Waals surface area contributed by atoms with E-state index in [-0.39, 0.29) is 0 Å². The van der Waals surface area contributed by atoms with Gasteiger partial charge in [0.05, 0.1) is 0 Å². The van der Waals surface area contributed by atoms with Crippen LogP contribution in [0.1, 0.15) is 32.1 Å². The van der Waals surface area contributed by atoms with Crippen molar-refractivity contribution < 1.29 is 0 Å². The van der Waals surface area contributed by atoms with E-state index in [0.29, 0.717) is 6.04 Å². The molecule has 1 atom stereocenters. The van der Waals surface area contributed by atoms with E-state index < -0.39 is 0 Å². The van der Waals surface area contributed by atoms with Crippen molar-refractivity contribution in [3.05, 3.63) is 12.7 Å². The minimum Gasteiger partial charge on any atom is -0.327 e. The topological polar surface area (TPSA) is 26.0 Å². The molecule has 1 rings (SSSR count). The summed E-state index contributed by atoms with van der Waals surface area (Å²) in [6.07, 6.45) is 8.54. The van der Waals surface area contributed by atoms with Gasteiger partial charge in [-0.2, -0.15) is 11.8 Å². The Morgan fingerprint density at radius 3 is 2.75 bits per heavy atom. The third kappa shape index (κ3) is 3.63. The van der Waals surface area contributed by atoms with Crippen LogP contribution in [-0.2, 0) is 0 Å². The van der Waals surface area contributed by atoms with Crippen LogP contribution in [0.15, 0.2) is 12.7 Å². The molecule has 0 aromatic heterocycles. The van der Waals surface area contributed by atoms with Gasteiger partial charge in [0.2, 0.25) is 0 Å². The molecule has 0 radical (unpaired) electrons. The van der Waals surface area contributed by atoms with Crippen LogP contribution >= 0.6 is 11.8 Å². The average Bonchev–Trinajstić information content (AvgIpc) is 2.53. The van der Waals surface area contributed by atoms with Gasteiger partial charge in [0, 0.05) is 17.0 Å². The van der Waals surface area contributed by atoms with E-state index in [4.69, 9.17) is 5.73 Å². The Kier molecular flexibility index (Phi) is 4.77. The van der Waals surface area contributed by atoms with Crippen LogP contribution in [0.3, 0.4) is 0 Å². The van der Waals surface area contributed by atoms with E-state index in [1.165, 1.54) is 25.7 Å². The molecule has 0 spiro atoms. The highest BCUT2D eigenvalue weighted by atomic mass is 32.2. The number of rotatable bonds is 5. The summed E-state index contributed by atoms with van der Waals surface area (Å²) in [4.78, 5) is 0. The van der Waals surface area contributed by atoms with Gasteiger partial charge in [-0.05, 0) is 19.3 Å². The summed E-state index contributed by atoms with van der Waals surface area (Å²) in [6.45, 7) is 3.69. The number of thioether (sulfide) groups is 1. The largest absolute Gasteiger partial charge is 0.327 e. The van der Waals surface area contributed by atoms with Crippen LogP contribution in [0.2, 0.25) is 0 Å². The fraction of sp³-hybridized carbons (Fsp3) is 0.800. The molecule has 0 aliphatic heterocycles. The van der Waals surface area contributed by atoms with Gasteiger partial charge < -0.3 is 5.73 Å². The van der Waals surface area contributed by atoms with Crippen LogP contribution in [0.4, 0.5) is 0 Å². The molecular weight excluding hydrogens is 166 g/mol. The maximum absolute atomic E-state index is 5.87. The summed E-state index contributed by atoms with van der Waals surface area (Å²) in [5.74, 6) is 1.11. The Bertz CT molecular complexity index is 130. The van der Waals surface area contributed by atoms with Gasteiger partial charge in [0.1, 0.15) is 0 Å². The molecule has 1 unspecified atom stereocenters. The van der Waals surface area contributed by atoms with Gasteiger partial charge >= 0.3 is 0 Å². The molecular formula is C10H19NS. The Labute approximate surface area is 79.8 Å². The Hall–Kier alpha value is 0.0500. The van der Waals surface area contributed by atoms with Gasteiger partial charge in [-0.25, -0.2) is 0 Å². The van der Waals surface area contributed by atoms with E-state index in [0.717, 1.165) is 17.4 Å². The normalized spacial score (nSPS) is 21.1. The van der Waals surface area contributed by atoms with E-state index >= 15 is 0 Å². The smallest absolute Gasteiger partial charge is 0.0165 e. The van der Waals surface area contributed by atoms with Crippen molar-refractivity contribution >= 4 is 11.8 Å². The number of hydrogen-bond donors (Lipinski definition) is 1. The molecule has 2 N–H and O–H groups in total. The lowest BCUT2D eigenvalue weighted by Crippen LogP contribution is -2.22. The zero-order valence-electron chi connectivity index (χ0n) is 7.67. The third-order valence-electron chi connectivity index (χ3n) is 2.32. The van der Waals surface area contributed by atoms with Crippen molar-refractivity contribution in [2.24, 2.45) is 5.73 Å². The molecule has 0 heterocycles. The highest BCUT2D eigenvalue weighted by Gasteiger charge is 2.15. The number of hydrogen-bond acceptors (Lipinski definition) is 2. The van der Waals surface area contributed by atoms with Crippen LogP contribution in [0, 0.1) is 0 Å². The molecule has 0 aromatic rings. The SMILES string of the molecule is C=CCC(N)CSC1CCCC1. The molecule has 1 nitrogen and oxygen atoms in total. The summed E-state index contributed by atoms with van der Waals surface area (Å²) in [5, 5.41) is 0.904. The maximum Gasteiger partial charge on any atom is 0.0165 e. The second-order valence-corrected chi connectivity index (χ2v) is 4.86. The highest BCUT2D eigenvalue weighted by molar-refractivity contribution is 7.99. The Morgan fingerprint density at radius 2 is 2.17 bits per heavy atom. The third-order valence-corrected chi connectivity index (χ3v) is 3.88. The summed E-state index contributed by atoms with van der Waals surface area (Å²) in [5.41, 5.74) is 5.87. The maximum atomic E-state index is 5.87. The minimum atomic E-state index is 0.327. The van der Waals surface area contributed by atoms with Crippen molar-refractivity contribution in [2.45, 2.75) is 43.4 Å². The lowest BCUT2D eigenvalue weighted by Gasteiger charge is -2.12. The fourth-order valence-electron chi connectivity index (χ4n) is 1.60. The van der Waals surface area contributed by atoms with E-state index in [2.05, 4.69) is 18.3 Å². The lowest BCUT2D eigenvalue weighted by molar-refractivity contribution is 0.764. The van der Waals surface area contributed by atoms with Crippen molar-refractivity contribution in [1.29, 1.82) is 0 Å². The molecule has 2 heteroatoms. The molecule has 12 heavy (non-hydrogen) atoms. The van der Waals surface area contributed by atoms with E-state index in [1.807, 2.05) is 6.08 Å². The lowest BCUT2D eigenvalue weighted by atomic mass is 10.2. The van der Waals surface area contributed by atoms with E-state index in [1.54, 1.807) is 0 Å². The quantitative estimate of drug-likeness (QED) is 0.666. The van der Waals surface area contributed by atoms with Crippen molar-refractivity contribution in [2.75, 3.05) is 5.75 Å². The van der Waals surface area contributed by atoms with Crippen LogP contribution in [0.25, 0.3) is 0 Å². The second kappa shape index (κ2) is 5.65. The minimum absolute atomic E-state index is 0.327. The Balaban J connectivity index is 2.03. The van der Waals surface area contributed by atoms with Crippen molar-refractivity contribution in [1.82, 2.24) is 0 Å². The van der Waals surface area contributed by atoms with Crippen LogP contribution < -0.4 is 5.73 Å². The predicted molar refractivity (Wildman–Crippen MR) is 57.5 cm³/mol. The summed E-state index contributed by atoms with van der Waals surface area (Å²) in [6, 6.07) is 0.327. The first-order chi connectivity index (χ1) is 5.83. The van der Waals surface area contributed by atoms with Gasteiger partial charge in [-0.15, -0.1) is 6.58 Å². The summed E-state index contributed by atoms with van der Waals surface area (Å²) >= 11 is 2.06. The standard InChI is InChI=1S/C10H19NS/c1-2-5-9(11)8-12-10-6-3-4-7-10/h2,9-10H,1,3-8,11H2. The molecule has 1 saturated carbocycles. The molecule has 1 aliphatic carbocycles. The molecule has 1 fully saturated rings. The Morgan fingerprint density at radius 1 is 1.50 bits per heavy atom. The summed E-state index contributed by atoms with van der Waals surface area (Å²) in [7, 11) is 0. The molecule has 0 aromatic carbocycles. The second-order valence-electron chi connectivity index (χ2n) is 3.52.